The highest BCUT2D eigenvalue weighted by Crippen LogP contribution is 2.27. The molecule has 0 bridgehead atoms. The number of para-hydroxylation sites is 1. The maximum absolute atomic E-state index is 11.5. The van der Waals surface area contributed by atoms with Crippen molar-refractivity contribution in [3.05, 3.63) is 29.8 Å². The molecule has 2 aliphatic rings. The summed E-state index contributed by atoms with van der Waals surface area (Å²) in [4.78, 5) is 0. The maximum Gasteiger partial charge on any atom is 0.211 e. The molecule has 5 nitrogen and oxygen atoms in total. The minimum atomic E-state index is -3.04. The van der Waals surface area contributed by atoms with Gasteiger partial charge in [-0.05, 0) is 24.5 Å². The van der Waals surface area contributed by atoms with Gasteiger partial charge in [-0.15, -0.1) is 0 Å². The summed E-state index contributed by atoms with van der Waals surface area (Å²) in [6.07, 6.45) is 4.16. The van der Waals surface area contributed by atoms with E-state index < -0.39 is 10.0 Å². The fraction of sp³-hybridized carbons (Fsp3) is 0.600. The monoisotopic (exact) mass is 310 g/mol. The second-order valence-electron chi connectivity index (χ2n) is 5.90. The van der Waals surface area contributed by atoms with Gasteiger partial charge in [0.05, 0.1) is 6.26 Å². The Balaban J connectivity index is 1.44. The molecule has 2 aliphatic heterocycles. The fourth-order valence-electron chi connectivity index (χ4n) is 3.06. The van der Waals surface area contributed by atoms with E-state index in [4.69, 9.17) is 4.74 Å². The van der Waals surface area contributed by atoms with Crippen molar-refractivity contribution >= 4 is 10.0 Å². The summed E-state index contributed by atoms with van der Waals surface area (Å²) in [6, 6.07) is 8.55. The molecule has 0 radical (unpaired) electrons. The molecule has 1 aromatic carbocycles. The first-order chi connectivity index (χ1) is 10.0. The highest BCUT2D eigenvalue weighted by molar-refractivity contribution is 7.88. The van der Waals surface area contributed by atoms with Gasteiger partial charge < -0.3 is 10.1 Å². The van der Waals surface area contributed by atoms with Crippen LogP contribution in [0, 0.1) is 0 Å². The minimum absolute atomic E-state index is 0.190. The lowest BCUT2D eigenvalue weighted by molar-refractivity contribution is 0.207. The van der Waals surface area contributed by atoms with Gasteiger partial charge in [-0.25, -0.2) is 12.7 Å². The normalized spacial score (nSPS) is 23.8. The lowest BCUT2D eigenvalue weighted by Crippen LogP contribution is -2.46. The Morgan fingerprint density at radius 2 is 2.00 bits per heavy atom. The summed E-state index contributed by atoms with van der Waals surface area (Å²) in [5, 5.41) is 3.52. The molecule has 0 spiro atoms. The molecule has 0 aliphatic carbocycles. The van der Waals surface area contributed by atoms with Crippen LogP contribution in [0.15, 0.2) is 24.3 Å². The third kappa shape index (κ3) is 3.56. The van der Waals surface area contributed by atoms with Crippen molar-refractivity contribution in [3.8, 4) is 5.75 Å². The van der Waals surface area contributed by atoms with E-state index in [1.807, 2.05) is 18.2 Å². The van der Waals surface area contributed by atoms with Gasteiger partial charge in [0.1, 0.15) is 11.9 Å². The van der Waals surface area contributed by atoms with Gasteiger partial charge in [-0.3, -0.25) is 0 Å². The molecule has 21 heavy (non-hydrogen) atoms. The van der Waals surface area contributed by atoms with Crippen LogP contribution in [-0.2, 0) is 16.4 Å². The molecule has 1 unspecified atom stereocenters. The number of piperidine rings is 1. The number of nitrogens with one attached hydrogen (secondary N) is 1. The van der Waals surface area contributed by atoms with Gasteiger partial charge in [0, 0.05) is 32.1 Å². The third-order valence-electron chi connectivity index (χ3n) is 4.27. The van der Waals surface area contributed by atoms with Gasteiger partial charge in [0.25, 0.3) is 0 Å². The average molecular weight is 310 g/mol. The first-order valence-electron chi connectivity index (χ1n) is 7.45. The molecule has 2 heterocycles. The Morgan fingerprint density at radius 3 is 2.67 bits per heavy atom. The number of hydrogen-bond acceptors (Lipinski definition) is 4. The van der Waals surface area contributed by atoms with Crippen LogP contribution in [-0.4, -0.2) is 50.8 Å². The Hall–Kier alpha value is -1.11. The SMILES string of the molecule is CS(=O)(=O)N1CCC(NCC2Cc3ccccc3O2)CC1. The van der Waals surface area contributed by atoms with Crippen molar-refractivity contribution in [2.24, 2.45) is 0 Å². The zero-order valence-electron chi connectivity index (χ0n) is 12.3. The molecule has 1 aromatic rings. The second-order valence-corrected chi connectivity index (χ2v) is 7.88. The van der Waals surface area contributed by atoms with E-state index in [0.717, 1.165) is 31.6 Å². The molecule has 6 heteroatoms. The first-order valence-corrected chi connectivity index (χ1v) is 9.30. The molecule has 3 rings (SSSR count). The highest BCUT2D eigenvalue weighted by Gasteiger charge is 2.27. The van der Waals surface area contributed by atoms with Crippen LogP contribution in [0.5, 0.6) is 5.75 Å². The summed E-state index contributed by atoms with van der Waals surface area (Å²) in [6.45, 7) is 2.04. The van der Waals surface area contributed by atoms with Crippen LogP contribution < -0.4 is 10.1 Å². The number of benzene rings is 1. The molecule has 1 fully saturated rings. The van der Waals surface area contributed by atoms with E-state index in [0.29, 0.717) is 19.1 Å². The molecule has 0 amide bonds. The van der Waals surface area contributed by atoms with Gasteiger partial charge in [0.2, 0.25) is 10.0 Å². The largest absolute Gasteiger partial charge is 0.488 e. The zero-order chi connectivity index (χ0) is 14.9. The lowest BCUT2D eigenvalue weighted by Gasteiger charge is -2.31. The predicted octanol–water partition coefficient (Wildman–Crippen LogP) is 1.00. The van der Waals surface area contributed by atoms with Gasteiger partial charge in [-0.2, -0.15) is 0 Å². The molecular weight excluding hydrogens is 288 g/mol. The summed E-state index contributed by atoms with van der Waals surface area (Å²) in [5.41, 5.74) is 1.27. The van der Waals surface area contributed by atoms with Crippen molar-refractivity contribution in [1.29, 1.82) is 0 Å². The summed E-state index contributed by atoms with van der Waals surface area (Å²) >= 11 is 0. The first kappa shape index (κ1) is 14.8. The van der Waals surface area contributed by atoms with Gasteiger partial charge in [0.15, 0.2) is 0 Å². The number of rotatable bonds is 4. The molecule has 116 valence electrons. The zero-order valence-corrected chi connectivity index (χ0v) is 13.1. The van der Waals surface area contributed by atoms with Crippen molar-refractivity contribution in [1.82, 2.24) is 9.62 Å². The Morgan fingerprint density at radius 1 is 1.29 bits per heavy atom. The number of sulfonamides is 1. The van der Waals surface area contributed by atoms with E-state index >= 15 is 0 Å². The Labute approximate surface area is 126 Å². The maximum atomic E-state index is 11.5. The van der Waals surface area contributed by atoms with Gasteiger partial charge >= 0.3 is 0 Å². The summed E-state index contributed by atoms with van der Waals surface area (Å²) < 4.78 is 30.4. The molecule has 1 atom stereocenters. The standard InChI is InChI=1S/C15H22N2O3S/c1-21(18,19)17-8-6-13(7-9-17)16-11-14-10-12-4-2-3-5-15(12)20-14/h2-5,13-14,16H,6-11H2,1H3. The Bertz CT molecular complexity index is 570. The number of ether oxygens (including phenoxy) is 1. The molecular formula is C15H22N2O3S. The van der Waals surface area contributed by atoms with Crippen LogP contribution in [0.4, 0.5) is 0 Å². The lowest BCUT2D eigenvalue weighted by atomic mass is 10.1. The number of fused-ring (bicyclic) bond motifs is 1. The van der Waals surface area contributed by atoms with E-state index in [1.165, 1.54) is 11.8 Å². The highest BCUT2D eigenvalue weighted by atomic mass is 32.2. The van der Waals surface area contributed by atoms with Crippen LogP contribution >= 0.6 is 0 Å². The second kappa shape index (κ2) is 5.94. The smallest absolute Gasteiger partial charge is 0.211 e. The topological polar surface area (TPSA) is 58.6 Å². The third-order valence-corrected chi connectivity index (χ3v) is 5.57. The summed E-state index contributed by atoms with van der Waals surface area (Å²) in [7, 11) is -3.04. The van der Waals surface area contributed by atoms with E-state index in [9.17, 15) is 8.42 Å². The van der Waals surface area contributed by atoms with Crippen LogP contribution in [0.25, 0.3) is 0 Å². The van der Waals surface area contributed by atoms with E-state index in [-0.39, 0.29) is 6.10 Å². The van der Waals surface area contributed by atoms with Crippen molar-refractivity contribution < 1.29 is 13.2 Å². The van der Waals surface area contributed by atoms with Crippen molar-refractivity contribution in [2.75, 3.05) is 25.9 Å². The number of hydrogen-bond donors (Lipinski definition) is 1. The quantitative estimate of drug-likeness (QED) is 0.901. The molecule has 0 aromatic heterocycles. The fourth-order valence-corrected chi connectivity index (χ4v) is 3.93. The molecule has 1 N–H and O–H groups in total. The molecule has 1 saturated heterocycles. The summed E-state index contributed by atoms with van der Waals surface area (Å²) in [5.74, 6) is 0.996. The minimum Gasteiger partial charge on any atom is -0.488 e. The number of nitrogens with zero attached hydrogens (tertiary/aromatic N) is 1. The average Bonchev–Trinajstić information content (AvgIpc) is 2.87. The van der Waals surface area contributed by atoms with E-state index in [1.54, 1.807) is 4.31 Å². The van der Waals surface area contributed by atoms with Gasteiger partial charge in [-0.1, -0.05) is 18.2 Å². The van der Waals surface area contributed by atoms with Crippen molar-refractivity contribution in [2.45, 2.75) is 31.4 Å². The van der Waals surface area contributed by atoms with E-state index in [2.05, 4.69) is 11.4 Å². The molecule has 0 saturated carbocycles. The van der Waals surface area contributed by atoms with Crippen LogP contribution in [0.1, 0.15) is 18.4 Å². The van der Waals surface area contributed by atoms with Crippen LogP contribution in [0.3, 0.4) is 0 Å². The van der Waals surface area contributed by atoms with Crippen molar-refractivity contribution in [3.63, 3.8) is 0 Å². The van der Waals surface area contributed by atoms with Crippen LogP contribution in [0.2, 0.25) is 0 Å². The Kier molecular flexibility index (Phi) is 4.19. The predicted molar refractivity (Wildman–Crippen MR) is 82.0 cm³/mol.